The fourth-order valence-electron chi connectivity index (χ4n) is 4.01. The Morgan fingerprint density at radius 1 is 1.21 bits per heavy atom. The van der Waals surface area contributed by atoms with Crippen molar-refractivity contribution in [2.24, 2.45) is 11.5 Å². The lowest BCUT2D eigenvalue weighted by Gasteiger charge is -2.20. The van der Waals surface area contributed by atoms with Gasteiger partial charge in [-0.1, -0.05) is 12.1 Å². The summed E-state index contributed by atoms with van der Waals surface area (Å²) in [6, 6.07) is 4.81. The van der Waals surface area contributed by atoms with Gasteiger partial charge >= 0.3 is 20.1 Å². The zero-order chi connectivity index (χ0) is 31.5. The molecule has 10 N–H and O–H groups in total. The van der Waals surface area contributed by atoms with Crippen molar-refractivity contribution in [2.45, 2.75) is 43.6 Å². The van der Waals surface area contributed by atoms with Crippen molar-refractivity contribution in [2.75, 3.05) is 17.7 Å². The predicted molar refractivity (Wildman–Crippen MR) is 140 cm³/mol. The third kappa shape index (κ3) is 7.96. The van der Waals surface area contributed by atoms with E-state index >= 15 is 0 Å². The van der Waals surface area contributed by atoms with Crippen molar-refractivity contribution >= 4 is 48.5 Å². The van der Waals surface area contributed by atoms with Gasteiger partial charge in [-0.3, -0.25) is 18.7 Å². The van der Waals surface area contributed by atoms with E-state index in [1.54, 1.807) is 0 Å². The lowest BCUT2D eigenvalue weighted by atomic mass is 10.1. The topological polar surface area (TPSA) is 300 Å². The molecule has 1 fully saturated rings. The number of phosphoric acid groups is 1. The van der Waals surface area contributed by atoms with Crippen molar-refractivity contribution in [1.82, 2.24) is 19.5 Å². The van der Waals surface area contributed by atoms with Crippen LogP contribution >= 0.6 is 7.82 Å². The SMILES string of the molecule is NC(=O)C[C@H](N)C(=O)Nc1ccc(COC(=O)O[C@H]2[C@H](O)[C@H](n3cnc4c(N)nc(F)nc43)O[C@@H]2COP(=O)(O)O)cc1. The summed E-state index contributed by atoms with van der Waals surface area (Å²) in [6.07, 6.45) is -7.91. The highest BCUT2D eigenvalue weighted by Crippen LogP contribution is 2.39. The average molecular weight is 628 g/mol. The van der Waals surface area contributed by atoms with Crippen LogP contribution in [-0.4, -0.2) is 83.3 Å². The standard InChI is InChI=1S/C22H26FN8O11P/c23-21-29-17(26)14-18(30-21)31(8-27-14)20-15(33)16(12(41-20)7-40-43(36,37)38)42-22(35)39-6-9-1-3-10(4-2-9)28-19(34)11(24)5-13(25)32/h1-4,8,11-12,15-16,20,33H,5-7,24H2,(H2,25,32)(H,28,34)(H2,26,29,30)(H2,36,37,38)/t11-,12+,15-,16+,20+/m0/s1. The molecule has 1 aromatic carbocycles. The van der Waals surface area contributed by atoms with Crippen LogP contribution in [0, 0.1) is 6.08 Å². The second-order valence-corrected chi connectivity index (χ2v) is 10.4. The number of imidazole rings is 1. The average Bonchev–Trinajstić information content (AvgIpc) is 3.47. The van der Waals surface area contributed by atoms with Crippen LogP contribution < -0.4 is 22.5 Å². The number of aromatic nitrogens is 4. The number of aliphatic hydroxyl groups excluding tert-OH is 1. The van der Waals surface area contributed by atoms with E-state index in [2.05, 4.69) is 24.8 Å². The Kier molecular flexibility index (Phi) is 9.50. The number of rotatable bonds is 11. The van der Waals surface area contributed by atoms with E-state index in [4.69, 9.17) is 41.2 Å². The molecule has 3 heterocycles. The number of benzene rings is 1. The Balaban J connectivity index is 1.41. The molecular formula is C22H26FN8O11P. The summed E-state index contributed by atoms with van der Waals surface area (Å²) < 4.78 is 46.5. The lowest BCUT2D eigenvalue weighted by Crippen LogP contribution is -2.39. The molecule has 0 radical (unpaired) electrons. The molecule has 21 heteroatoms. The van der Waals surface area contributed by atoms with E-state index in [9.17, 15) is 28.4 Å². The number of primary amides is 1. The minimum Gasteiger partial charge on any atom is -0.429 e. The van der Waals surface area contributed by atoms with Crippen molar-refractivity contribution in [1.29, 1.82) is 0 Å². The molecule has 3 aromatic rings. The number of carbonyl (C=O) groups excluding carboxylic acids is 3. The number of nitrogens with zero attached hydrogens (tertiary/aromatic N) is 4. The molecule has 0 bridgehead atoms. The number of carbonyl (C=O) groups is 3. The number of anilines is 2. The van der Waals surface area contributed by atoms with Crippen LogP contribution in [0.5, 0.6) is 0 Å². The minimum atomic E-state index is -5.00. The van der Waals surface area contributed by atoms with Gasteiger partial charge in [0.25, 0.3) is 0 Å². The molecule has 1 aliphatic heterocycles. The largest absolute Gasteiger partial charge is 0.509 e. The molecule has 232 valence electrons. The zero-order valence-corrected chi connectivity index (χ0v) is 22.7. The summed E-state index contributed by atoms with van der Waals surface area (Å²) >= 11 is 0. The Morgan fingerprint density at radius 3 is 2.56 bits per heavy atom. The monoisotopic (exact) mass is 628 g/mol. The highest BCUT2D eigenvalue weighted by Gasteiger charge is 2.49. The number of fused-ring (bicyclic) bond motifs is 1. The molecular weight excluding hydrogens is 602 g/mol. The summed E-state index contributed by atoms with van der Waals surface area (Å²) in [6.45, 7) is -1.16. The third-order valence-electron chi connectivity index (χ3n) is 5.98. The molecule has 1 saturated heterocycles. The Labute approximate surface area is 240 Å². The van der Waals surface area contributed by atoms with Crippen LogP contribution in [0.2, 0.25) is 0 Å². The van der Waals surface area contributed by atoms with Gasteiger partial charge in [0.1, 0.15) is 18.8 Å². The maximum atomic E-state index is 13.8. The quantitative estimate of drug-likeness (QED) is 0.0743. The Bertz CT molecular complexity index is 1550. The number of amides is 2. The number of nitrogens with one attached hydrogen (secondary N) is 1. The van der Waals surface area contributed by atoms with Gasteiger partial charge in [-0.15, -0.1) is 0 Å². The molecule has 0 saturated carbocycles. The number of hydrogen-bond acceptors (Lipinski definition) is 14. The van der Waals surface area contributed by atoms with Gasteiger partial charge in [0.15, 0.2) is 29.3 Å². The second kappa shape index (κ2) is 12.9. The zero-order valence-electron chi connectivity index (χ0n) is 21.8. The first-order valence-electron chi connectivity index (χ1n) is 12.2. The fourth-order valence-corrected chi connectivity index (χ4v) is 4.35. The highest BCUT2D eigenvalue weighted by atomic mass is 31.2. The molecule has 4 rings (SSSR count). The smallest absolute Gasteiger partial charge is 0.429 e. The van der Waals surface area contributed by atoms with E-state index in [1.807, 2.05) is 0 Å². The third-order valence-corrected chi connectivity index (χ3v) is 6.47. The molecule has 0 aliphatic carbocycles. The second-order valence-electron chi connectivity index (χ2n) is 9.13. The Hall–Kier alpha value is -4.30. The lowest BCUT2D eigenvalue weighted by molar-refractivity contribution is -0.123. The molecule has 19 nitrogen and oxygen atoms in total. The first kappa shape index (κ1) is 31.6. The van der Waals surface area contributed by atoms with Crippen LogP contribution in [0.3, 0.4) is 0 Å². The van der Waals surface area contributed by atoms with E-state index < -0.39 is 69.1 Å². The van der Waals surface area contributed by atoms with E-state index in [0.29, 0.717) is 11.3 Å². The van der Waals surface area contributed by atoms with Crippen LogP contribution in [-0.2, 0) is 39.5 Å². The number of nitrogen functional groups attached to an aromatic ring is 1. The highest BCUT2D eigenvalue weighted by molar-refractivity contribution is 7.46. The summed E-state index contributed by atoms with van der Waals surface area (Å²) in [5.41, 5.74) is 16.8. The molecule has 2 amide bonds. The van der Waals surface area contributed by atoms with Gasteiger partial charge in [-0.05, 0) is 17.7 Å². The fraction of sp³-hybridized carbons (Fsp3) is 0.364. The van der Waals surface area contributed by atoms with Crippen molar-refractivity contribution in [3.8, 4) is 0 Å². The molecule has 1 aliphatic rings. The summed E-state index contributed by atoms with van der Waals surface area (Å²) in [5.74, 6) is -1.67. The van der Waals surface area contributed by atoms with Crippen LogP contribution in [0.15, 0.2) is 30.6 Å². The van der Waals surface area contributed by atoms with E-state index in [-0.39, 0.29) is 30.0 Å². The van der Waals surface area contributed by atoms with Gasteiger partial charge in [0, 0.05) is 5.69 Å². The number of halogens is 1. The Morgan fingerprint density at radius 2 is 1.91 bits per heavy atom. The molecule has 43 heavy (non-hydrogen) atoms. The molecule has 5 atom stereocenters. The first-order chi connectivity index (χ1) is 20.2. The maximum absolute atomic E-state index is 13.8. The van der Waals surface area contributed by atoms with Crippen molar-refractivity contribution in [3.05, 3.63) is 42.2 Å². The molecule has 2 aromatic heterocycles. The number of hydrogen-bond donors (Lipinski definition) is 7. The van der Waals surface area contributed by atoms with Gasteiger partial charge in [-0.25, -0.2) is 14.3 Å². The van der Waals surface area contributed by atoms with Gasteiger partial charge in [0.2, 0.25) is 11.8 Å². The predicted octanol–water partition coefficient (Wildman–Crippen LogP) is -1.22. The molecule has 0 unspecified atom stereocenters. The number of ether oxygens (including phenoxy) is 3. The van der Waals surface area contributed by atoms with Gasteiger partial charge in [-0.2, -0.15) is 14.4 Å². The van der Waals surface area contributed by atoms with E-state index in [1.165, 1.54) is 24.3 Å². The number of nitrogens with two attached hydrogens (primary N) is 3. The van der Waals surface area contributed by atoms with Crippen molar-refractivity contribution in [3.63, 3.8) is 0 Å². The van der Waals surface area contributed by atoms with Crippen molar-refractivity contribution < 1.29 is 57.0 Å². The van der Waals surface area contributed by atoms with Gasteiger partial charge < -0.3 is 51.6 Å². The number of phosphoric ester groups is 1. The summed E-state index contributed by atoms with van der Waals surface area (Å²) in [5, 5.41) is 13.4. The summed E-state index contributed by atoms with van der Waals surface area (Å²) in [7, 11) is -5.00. The molecule has 0 spiro atoms. The van der Waals surface area contributed by atoms with Crippen LogP contribution in [0.25, 0.3) is 11.2 Å². The van der Waals surface area contributed by atoms with Gasteiger partial charge in [0.05, 0.1) is 25.4 Å². The maximum Gasteiger partial charge on any atom is 0.509 e. The minimum absolute atomic E-state index is 0.0249. The summed E-state index contributed by atoms with van der Waals surface area (Å²) in [4.78, 5) is 64.6. The first-order valence-corrected chi connectivity index (χ1v) is 13.7. The number of aliphatic hydroxyl groups is 1. The van der Waals surface area contributed by atoms with Crippen LogP contribution in [0.4, 0.5) is 20.7 Å². The normalized spacial score (nSPS) is 21.0. The van der Waals surface area contributed by atoms with Crippen LogP contribution in [0.1, 0.15) is 18.2 Å². The van der Waals surface area contributed by atoms with E-state index in [0.717, 1.165) is 10.9 Å².